The van der Waals surface area contributed by atoms with Crippen LogP contribution in [0.4, 0.5) is 0 Å². The van der Waals surface area contributed by atoms with Crippen LogP contribution in [0.25, 0.3) is 0 Å². The molecule has 1 heterocycles. The summed E-state index contributed by atoms with van der Waals surface area (Å²) >= 11 is 5.67. The Balaban J connectivity index is 2.01. The van der Waals surface area contributed by atoms with Crippen LogP contribution in [0.5, 0.6) is 0 Å². The third kappa shape index (κ3) is 3.92. The number of halogens is 1. The molecule has 1 aliphatic heterocycles. The van der Waals surface area contributed by atoms with Crippen molar-refractivity contribution in [2.75, 3.05) is 18.1 Å². The molecule has 2 rings (SSSR count). The molecule has 0 N–H and O–H groups in total. The molecule has 1 saturated heterocycles. The maximum absolute atomic E-state index is 11.8. The van der Waals surface area contributed by atoms with Gasteiger partial charge in [-0.15, -0.1) is 0 Å². The monoisotopic (exact) mass is 324 g/mol. The van der Waals surface area contributed by atoms with E-state index >= 15 is 0 Å². The van der Waals surface area contributed by atoms with Crippen molar-refractivity contribution >= 4 is 31.6 Å². The van der Waals surface area contributed by atoms with Crippen LogP contribution in [0.1, 0.15) is 6.42 Å². The van der Waals surface area contributed by atoms with Gasteiger partial charge in [0.2, 0.25) is 0 Å². The van der Waals surface area contributed by atoms with Crippen molar-refractivity contribution in [3.63, 3.8) is 0 Å². The zero-order chi connectivity index (χ0) is 14.1. The summed E-state index contributed by atoms with van der Waals surface area (Å²) in [7, 11) is -6.88. The highest BCUT2D eigenvalue weighted by molar-refractivity contribution is 7.91. The van der Waals surface area contributed by atoms with E-state index in [1.807, 2.05) is 0 Å². The number of benzene rings is 1. The summed E-state index contributed by atoms with van der Waals surface area (Å²) in [5, 5.41) is 0.431. The molecule has 19 heavy (non-hydrogen) atoms. The fraction of sp³-hybridized carbons (Fsp3) is 0.455. The highest BCUT2D eigenvalue weighted by atomic mass is 35.5. The van der Waals surface area contributed by atoms with E-state index in [1.165, 1.54) is 24.3 Å². The molecule has 0 spiro atoms. The molecule has 5 nitrogen and oxygen atoms in total. The molecule has 1 aromatic carbocycles. The Kier molecular flexibility index (Phi) is 4.20. The largest absolute Gasteiger partial charge is 0.296 e. The van der Waals surface area contributed by atoms with E-state index in [1.54, 1.807) is 0 Å². The second-order valence-electron chi connectivity index (χ2n) is 4.46. The van der Waals surface area contributed by atoms with Crippen LogP contribution in [0.3, 0.4) is 0 Å². The molecule has 1 aliphatic rings. The Hall–Kier alpha value is -0.630. The van der Waals surface area contributed by atoms with Gasteiger partial charge in [-0.2, -0.15) is 8.42 Å². The van der Waals surface area contributed by atoms with E-state index < -0.39 is 20.0 Å². The molecule has 8 heteroatoms. The molecule has 106 valence electrons. The van der Waals surface area contributed by atoms with E-state index in [-0.39, 0.29) is 28.9 Å². The Morgan fingerprint density at radius 3 is 2.42 bits per heavy atom. The van der Waals surface area contributed by atoms with Crippen molar-refractivity contribution < 1.29 is 21.0 Å². The Morgan fingerprint density at radius 1 is 1.26 bits per heavy atom. The van der Waals surface area contributed by atoms with Gasteiger partial charge in [-0.25, -0.2) is 8.42 Å². The SMILES string of the molecule is O=S1(=O)CC[C@H](COS(=O)(=O)c2ccc(Cl)cc2)C1. The predicted molar refractivity (Wildman–Crippen MR) is 71.4 cm³/mol. The minimum absolute atomic E-state index is 0.0108. The van der Waals surface area contributed by atoms with E-state index in [0.717, 1.165) is 0 Å². The minimum Gasteiger partial charge on any atom is -0.266 e. The smallest absolute Gasteiger partial charge is 0.266 e. The van der Waals surface area contributed by atoms with Crippen molar-refractivity contribution in [2.45, 2.75) is 11.3 Å². The molecule has 0 bridgehead atoms. The van der Waals surface area contributed by atoms with Crippen molar-refractivity contribution in [3.8, 4) is 0 Å². The lowest BCUT2D eigenvalue weighted by Crippen LogP contribution is -2.16. The normalized spacial score (nSPS) is 22.5. The first-order valence-corrected chi connectivity index (χ1v) is 9.25. The summed E-state index contributed by atoms with van der Waals surface area (Å²) in [5.74, 6) is -0.169. The molecule has 0 saturated carbocycles. The lowest BCUT2D eigenvalue weighted by Gasteiger charge is -2.09. The van der Waals surface area contributed by atoms with Gasteiger partial charge in [0.1, 0.15) is 0 Å². The van der Waals surface area contributed by atoms with Crippen LogP contribution in [0.15, 0.2) is 29.2 Å². The van der Waals surface area contributed by atoms with Crippen LogP contribution >= 0.6 is 11.6 Å². The van der Waals surface area contributed by atoms with Gasteiger partial charge in [-0.1, -0.05) is 11.6 Å². The second-order valence-corrected chi connectivity index (χ2v) is 8.74. The average Bonchev–Trinajstić information content (AvgIpc) is 2.67. The fourth-order valence-electron chi connectivity index (χ4n) is 1.86. The maximum atomic E-state index is 11.8. The van der Waals surface area contributed by atoms with Gasteiger partial charge < -0.3 is 0 Å². The lowest BCUT2D eigenvalue weighted by molar-refractivity contribution is 0.268. The highest BCUT2D eigenvalue weighted by Crippen LogP contribution is 2.21. The molecule has 0 unspecified atom stereocenters. The Labute approximate surface area is 117 Å². The van der Waals surface area contributed by atoms with Crippen molar-refractivity contribution in [1.82, 2.24) is 0 Å². The van der Waals surface area contributed by atoms with Gasteiger partial charge in [-0.3, -0.25) is 4.18 Å². The standard InChI is InChI=1S/C11H13ClO5S2/c12-10-1-3-11(4-2-10)19(15,16)17-7-9-5-6-18(13,14)8-9/h1-4,9H,5-8H2/t9-/m1/s1. The van der Waals surface area contributed by atoms with E-state index in [4.69, 9.17) is 15.8 Å². The number of hydrogen-bond acceptors (Lipinski definition) is 5. The van der Waals surface area contributed by atoms with Crippen molar-refractivity contribution in [2.24, 2.45) is 5.92 Å². The van der Waals surface area contributed by atoms with Crippen LogP contribution < -0.4 is 0 Å². The summed E-state index contributed by atoms with van der Waals surface area (Å²) in [6, 6.07) is 5.61. The quantitative estimate of drug-likeness (QED) is 0.784. The third-order valence-electron chi connectivity index (χ3n) is 2.89. The zero-order valence-electron chi connectivity index (χ0n) is 9.95. The topological polar surface area (TPSA) is 77.5 Å². The maximum Gasteiger partial charge on any atom is 0.296 e. The molecule has 0 amide bonds. The summed E-state index contributed by atoms with van der Waals surface area (Å²) in [6.45, 7) is -0.107. The van der Waals surface area contributed by atoms with Crippen molar-refractivity contribution in [3.05, 3.63) is 29.3 Å². The van der Waals surface area contributed by atoms with E-state index in [0.29, 0.717) is 11.4 Å². The van der Waals surface area contributed by atoms with Gasteiger partial charge >= 0.3 is 0 Å². The summed E-state index contributed by atoms with van der Waals surface area (Å²) in [4.78, 5) is 0.0118. The van der Waals surface area contributed by atoms with Crippen LogP contribution in [-0.4, -0.2) is 34.9 Å². The van der Waals surface area contributed by atoms with Crippen molar-refractivity contribution in [1.29, 1.82) is 0 Å². The number of hydrogen-bond donors (Lipinski definition) is 0. The molecule has 0 radical (unpaired) electrons. The third-order valence-corrected chi connectivity index (χ3v) is 6.27. The Bertz CT molecular complexity index is 649. The zero-order valence-corrected chi connectivity index (χ0v) is 12.3. The first-order valence-electron chi connectivity index (χ1n) is 5.64. The Morgan fingerprint density at radius 2 is 1.89 bits per heavy atom. The molecule has 1 aromatic rings. The van der Waals surface area contributed by atoms with Gasteiger partial charge in [0.05, 0.1) is 23.0 Å². The molecular formula is C11H13ClO5S2. The average molecular weight is 325 g/mol. The predicted octanol–water partition coefficient (Wildman–Crippen LogP) is 1.48. The van der Waals surface area contributed by atoms with Gasteiger partial charge in [0, 0.05) is 5.02 Å². The number of sulfone groups is 1. The minimum atomic E-state index is -3.86. The number of rotatable bonds is 4. The van der Waals surface area contributed by atoms with E-state index in [2.05, 4.69) is 0 Å². The van der Waals surface area contributed by atoms with Crippen LogP contribution in [0.2, 0.25) is 5.02 Å². The molecular weight excluding hydrogens is 312 g/mol. The fourth-order valence-corrected chi connectivity index (χ4v) is 4.80. The second kappa shape index (κ2) is 5.40. The first kappa shape index (κ1) is 14.8. The highest BCUT2D eigenvalue weighted by Gasteiger charge is 2.29. The lowest BCUT2D eigenvalue weighted by atomic mass is 10.1. The van der Waals surface area contributed by atoms with E-state index in [9.17, 15) is 16.8 Å². The molecule has 0 aliphatic carbocycles. The molecule has 1 fully saturated rings. The summed E-state index contributed by atoms with van der Waals surface area (Å²) in [6.07, 6.45) is 0.443. The van der Waals surface area contributed by atoms with Crippen LogP contribution in [-0.2, 0) is 24.1 Å². The van der Waals surface area contributed by atoms with Gasteiger partial charge in [0.25, 0.3) is 10.1 Å². The van der Waals surface area contributed by atoms with Gasteiger partial charge in [-0.05, 0) is 36.6 Å². The first-order chi connectivity index (χ1) is 8.78. The molecule has 0 aromatic heterocycles. The van der Waals surface area contributed by atoms with Crippen LogP contribution in [0, 0.1) is 5.92 Å². The summed E-state index contributed by atoms with van der Waals surface area (Å²) in [5.41, 5.74) is 0. The molecule has 1 atom stereocenters. The summed E-state index contributed by atoms with van der Waals surface area (Å²) < 4.78 is 51.1. The van der Waals surface area contributed by atoms with Gasteiger partial charge in [0.15, 0.2) is 9.84 Å².